The highest BCUT2D eigenvalue weighted by Crippen LogP contribution is 2.10. The summed E-state index contributed by atoms with van der Waals surface area (Å²) in [6, 6.07) is 0. The molecule has 1 N–H and O–H groups in total. The molecule has 290 valence electrons. The fourth-order valence-corrected chi connectivity index (χ4v) is 4.80. The van der Waals surface area contributed by atoms with E-state index >= 15 is 0 Å². The molecule has 0 rings (SSSR count). The third kappa shape index (κ3) is 39.1. The van der Waals surface area contributed by atoms with Gasteiger partial charge in [0.1, 0.15) is 6.61 Å². The smallest absolute Gasteiger partial charge is 0.306 e. The molecule has 52 heavy (non-hydrogen) atoms. The molecule has 5 nitrogen and oxygen atoms in total. The Morgan fingerprint density at radius 3 is 1.23 bits per heavy atom. The van der Waals surface area contributed by atoms with Gasteiger partial charge in [0.05, 0.1) is 6.61 Å². The van der Waals surface area contributed by atoms with Crippen molar-refractivity contribution in [1.82, 2.24) is 0 Å². The lowest BCUT2D eigenvalue weighted by molar-refractivity contribution is -0.161. The Morgan fingerprint density at radius 2 is 0.808 bits per heavy atom. The van der Waals surface area contributed by atoms with Crippen LogP contribution in [0.2, 0.25) is 0 Å². The molecule has 0 heterocycles. The minimum absolute atomic E-state index is 0.113. The summed E-state index contributed by atoms with van der Waals surface area (Å²) in [6.07, 6.45) is 61.2. The summed E-state index contributed by atoms with van der Waals surface area (Å²) in [5.74, 6) is -0.719. The number of aliphatic hydroxyl groups excluding tert-OH is 1. The number of ether oxygens (including phenoxy) is 2. The summed E-state index contributed by atoms with van der Waals surface area (Å²) in [6.45, 7) is 3.81. The lowest BCUT2D eigenvalue weighted by Crippen LogP contribution is -2.28. The number of hydrogen-bond acceptors (Lipinski definition) is 5. The van der Waals surface area contributed by atoms with Crippen LogP contribution >= 0.6 is 0 Å². The fourth-order valence-electron chi connectivity index (χ4n) is 4.80. The van der Waals surface area contributed by atoms with Crippen LogP contribution in [0.3, 0.4) is 0 Å². The Balaban J connectivity index is 3.76. The van der Waals surface area contributed by atoms with Crippen molar-refractivity contribution in [1.29, 1.82) is 0 Å². The van der Waals surface area contributed by atoms with E-state index in [1.165, 1.54) is 19.3 Å². The molecule has 0 aliphatic rings. The van der Waals surface area contributed by atoms with E-state index in [1.807, 2.05) is 12.2 Å². The average Bonchev–Trinajstić information content (AvgIpc) is 3.15. The van der Waals surface area contributed by atoms with Gasteiger partial charge in [-0.05, 0) is 89.9 Å². The lowest BCUT2D eigenvalue weighted by atomic mass is 10.1. The Labute approximate surface area is 318 Å². The van der Waals surface area contributed by atoms with Crippen molar-refractivity contribution in [2.45, 2.75) is 148 Å². The summed E-state index contributed by atoms with van der Waals surface area (Å²) in [5, 5.41) is 9.55. The van der Waals surface area contributed by atoms with Crippen LogP contribution < -0.4 is 0 Å². The van der Waals surface area contributed by atoms with Gasteiger partial charge < -0.3 is 14.6 Å². The molecular formula is C47H72O5. The summed E-state index contributed by atoms with van der Waals surface area (Å²) in [5.41, 5.74) is 0. The number of rotatable bonds is 34. The van der Waals surface area contributed by atoms with Crippen LogP contribution in [0.25, 0.3) is 0 Å². The van der Waals surface area contributed by atoms with Gasteiger partial charge in [0.25, 0.3) is 0 Å². The van der Waals surface area contributed by atoms with Crippen molar-refractivity contribution >= 4 is 11.9 Å². The zero-order valence-corrected chi connectivity index (χ0v) is 32.8. The van der Waals surface area contributed by atoms with Crippen LogP contribution in [-0.2, 0) is 19.1 Å². The monoisotopic (exact) mass is 717 g/mol. The van der Waals surface area contributed by atoms with Crippen LogP contribution in [0.4, 0.5) is 0 Å². The molecular weight excluding hydrogens is 645 g/mol. The summed E-state index contributed by atoms with van der Waals surface area (Å²) < 4.78 is 10.5. The van der Waals surface area contributed by atoms with Crippen LogP contribution in [-0.4, -0.2) is 36.4 Å². The second kappa shape index (κ2) is 41.7. The Hall–Kier alpha value is -3.70. The molecule has 0 aliphatic carbocycles. The zero-order valence-electron chi connectivity index (χ0n) is 32.8. The Bertz CT molecular complexity index is 1130. The van der Waals surface area contributed by atoms with Gasteiger partial charge in [-0.2, -0.15) is 0 Å². The predicted octanol–water partition coefficient (Wildman–Crippen LogP) is 12.8. The van der Waals surface area contributed by atoms with Gasteiger partial charge in [-0.1, -0.05) is 161 Å². The molecule has 0 aromatic rings. The van der Waals surface area contributed by atoms with Crippen LogP contribution in [0.1, 0.15) is 142 Å². The molecule has 0 aromatic carbocycles. The molecule has 0 bridgehead atoms. The molecule has 5 heteroatoms. The molecule has 0 fully saturated rings. The van der Waals surface area contributed by atoms with Crippen molar-refractivity contribution in [3.05, 3.63) is 122 Å². The molecule has 1 unspecified atom stereocenters. The highest BCUT2D eigenvalue weighted by Gasteiger charge is 2.15. The quantitative estimate of drug-likeness (QED) is 0.0408. The first-order chi connectivity index (χ1) is 25.6. The molecule has 0 saturated carbocycles. The maximum absolute atomic E-state index is 12.2. The third-order valence-electron chi connectivity index (χ3n) is 7.76. The number of carbonyl (C=O) groups excluding carboxylic acids is 2. The molecule has 1 atom stereocenters. The van der Waals surface area contributed by atoms with E-state index in [4.69, 9.17) is 9.47 Å². The predicted molar refractivity (Wildman–Crippen MR) is 223 cm³/mol. The second-order valence-electron chi connectivity index (χ2n) is 12.6. The summed E-state index contributed by atoms with van der Waals surface area (Å²) >= 11 is 0. The molecule has 0 radical (unpaired) electrons. The number of allylic oxidation sites excluding steroid dienone is 20. The van der Waals surface area contributed by atoms with Crippen molar-refractivity contribution < 1.29 is 24.2 Å². The maximum Gasteiger partial charge on any atom is 0.306 e. The number of esters is 2. The van der Waals surface area contributed by atoms with Crippen molar-refractivity contribution in [2.75, 3.05) is 13.2 Å². The van der Waals surface area contributed by atoms with Gasteiger partial charge in [-0.25, -0.2) is 0 Å². The van der Waals surface area contributed by atoms with Gasteiger partial charge in [-0.15, -0.1) is 0 Å². The summed E-state index contributed by atoms with van der Waals surface area (Å²) in [4.78, 5) is 24.3. The van der Waals surface area contributed by atoms with Crippen molar-refractivity contribution in [2.24, 2.45) is 0 Å². The fraction of sp³-hybridized carbons (Fsp3) is 0.532. The van der Waals surface area contributed by atoms with E-state index in [-0.39, 0.29) is 25.6 Å². The topological polar surface area (TPSA) is 72.8 Å². The first kappa shape index (κ1) is 48.3. The molecule has 0 aliphatic heterocycles. The van der Waals surface area contributed by atoms with E-state index in [0.717, 1.165) is 89.9 Å². The SMILES string of the molecule is CC/C=C\C/C=C\C/C=C\C/C=C\C/C=C\C/C=C\CCC(=O)OC(CO)COC(=O)CCCCCCCC/C=C\C/C=C\C/C=C\C/C=C\CC. The van der Waals surface area contributed by atoms with E-state index in [0.29, 0.717) is 12.8 Å². The van der Waals surface area contributed by atoms with Gasteiger partial charge in [0, 0.05) is 12.8 Å². The minimum atomic E-state index is -0.827. The van der Waals surface area contributed by atoms with Crippen LogP contribution in [0, 0.1) is 0 Å². The molecule has 0 aromatic heterocycles. The maximum atomic E-state index is 12.2. The minimum Gasteiger partial charge on any atom is -0.462 e. The molecule has 0 amide bonds. The van der Waals surface area contributed by atoms with Gasteiger partial charge in [0.15, 0.2) is 6.10 Å². The van der Waals surface area contributed by atoms with E-state index in [1.54, 1.807) is 0 Å². The zero-order chi connectivity index (χ0) is 37.8. The molecule has 0 spiro atoms. The van der Waals surface area contributed by atoms with Gasteiger partial charge in [-0.3, -0.25) is 9.59 Å². The van der Waals surface area contributed by atoms with E-state index < -0.39 is 12.1 Å². The first-order valence-electron chi connectivity index (χ1n) is 20.1. The first-order valence-corrected chi connectivity index (χ1v) is 20.1. The Kier molecular flexibility index (Phi) is 38.8. The second-order valence-corrected chi connectivity index (χ2v) is 12.6. The highest BCUT2D eigenvalue weighted by molar-refractivity contribution is 5.70. The summed E-state index contributed by atoms with van der Waals surface area (Å²) in [7, 11) is 0. The molecule has 0 saturated heterocycles. The standard InChI is InChI=1S/C47H72O5/c1-3-5-7-9-11-13-15-17-19-21-23-25-27-29-31-33-35-37-39-41-46(49)51-44-45(43-48)52-47(50)42-40-38-36-34-32-30-28-26-24-22-20-18-16-14-12-10-8-6-4-2/h5-8,11-14,17-20,23-26,30,32,36,38,45,48H,3-4,9-10,15-16,21-22,27-29,31,33-35,37,39-44H2,1-2H3/b7-5-,8-6-,13-11-,14-12-,19-17-,20-18-,25-23-,26-24-,32-30-,38-36-. The highest BCUT2D eigenvalue weighted by atomic mass is 16.6. The largest absolute Gasteiger partial charge is 0.462 e. The van der Waals surface area contributed by atoms with Gasteiger partial charge in [0.2, 0.25) is 0 Å². The van der Waals surface area contributed by atoms with E-state index in [9.17, 15) is 14.7 Å². The van der Waals surface area contributed by atoms with Crippen LogP contribution in [0.5, 0.6) is 0 Å². The van der Waals surface area contributed by atoms with Crippen molar-refractivity contribution in [3.8, 4) is 0 Å². The number of aliphatic hydroxyl groups is 1. The van der Waals surface area contributed by atoms with E-state index in [2.05, 4.69) is 123 Å². The number of carbonyl (C=O) groups is 2. The number of hydrogen-bond donors (Lipinski definition) is 1. The normalized spacial score (nSPS) is 13.5. The third-order valence-corrected chi connectivity index (χ3v) is 7.76. The van der Waals surface area contributed by atoms with Crippen LogP contribution in [0.15, 0.2) is 122 Å². The number of unbranched alkanes of at least 4 members (excludes halogenated alkanes) is 6. The Morgan fingerprint density at radius 1 is 0.442 bits per heavy atom. The van der Waals surface area contributed by atoms with Gasteiger partial charge >= 0.3 is 11.9 Å². The van der Waals surface area contributed by atoms with Crippen molar-refractivity contribution in [3.63, 3.8) is 0 Å². The lowest BCUT2D eigenvalue weighted by Gasteiger charge is -2.15. The average molecular weight is 717 g/mol.